The first-order valence-electron chi connectivity index (χ1n) is 8.42. The summed E-state index contributed by atoms with van der Waals surface area (Å²) in [5.41, 5.74) is 0. The Kier molecular flexibility index (Phi) is 8.84. The SMILES string of the molecule is CCCCCC(=O)N(CCC(C)C)CC(=O)Nc1ncc(C)s1. The largest absolute Gasteiger partial charge is 0.333 e. The van der Waals surface area contributed by atoms with Gasteiger partial charge in [0.1, 0.15) is 0 Å². The van der Waals surface area contributed by atoms with Gasteiger partial charge in [0, 0.05) is 24.0 Å². The Hall–Kier alpha value is -1.43. The predicted octanol–water partition coefficient (Wildman–Crippen LogP) is 3.85. The van der Waals surface area contributed by atoms with Crippen LogP contribution in [-0.4, -0.2) is 34.8 Å². The van der Waals surface area contributed by atoms with Crippen LogP contribution in [0.1, 0.15) is 57.8 Å². The highest BCUT2D eigenvalue weighted by atomic mass is 32.1. The van der Waals surface area contributed by atoms with Crippen LogP contribution in [0.4, 0.5) is 5.13 Å². The van der Waals surface area contributed by atoms with Crippen molar-refractivity contribution in [2.45, 2.75) is 59.8 Å². The molecule has 6 heteroatoms. The van der Waals surface area contributed by atoms with Crippen LogP contribution in [0.3, 0.4) is 0 Å². The first kappa shape index (κ1) is 19.6. The number of carbonyl (C=O) groups is 2. The van der Waals surface area contributed by atoms with E-state index in [2.05, 4.69) is 31.1 Å². The molecule has 1 rings (SSSR count). The molecule has 0 aliphatic rings. The summed E-state index contributed by atoms with van der Waals surface area (Å²) in [6.45, 7) is 9.05. The van der Waals surface area contributed by atoms with Gasteiger partial charge in [-0.15, -0.1) is 11.3 Å². The highest BCUT2D eigenvalue weighted by molar-refractivity contribution is 7.15. The summed E-state index contributed by atoms with van der Waals surface area (Å²) < 4.78 is 0. The van der Waals surface area contributed by atoms with E-state index in [9.17, 15) is 9.59 Å². The van der Waals surface area contributed by atoms with Crippen molar-refractivity contribution in [3.8, 4) is 0 Å². The van der Waals surface area contributed by atoms with Crippen LogP contribution in [0, 0.1) is 12.8 Å². The van der Waals surface area contributed by atoms with E-state index >= 15 is 0 Å². The standard InChI is InChI=1S/C17H29N3O2S/c1-5-6-7-8-16(22)20(10-9-13(2)3)12-15(21)19-17-18-11-14(4)23-17/h11,13H,5-10,12H2,1-4H3,(H,18,19,21). The molecule has 23 heavy (non-hydrogen) atoms. The number of anilines is 1. The van der Waals surface area contributed by atoms with E-state index in [-0.39, 0.29) is 18.4 Å². The van der Waals surface area contributed by atoms with E-state index in [0.29, 0.717) is 24.0 Å². The van der Waals surface area contributed by atoms with Gasteiger partial charge in [-0.2, -0.15) is 0 Å². The van der Waals surface area contributed by atoms with Crippen molar-refractivity contribution in [1.29, 1.82) is 0 Å². The molecule has 0 aliphatic carbocycles. The molecule has 0 spiro atoms. The van der Waals surface area contributed by atoms with Gasteiger partial charge in [0.2, 0.25) is 11.8 Å². The van der Waals surface area contributed by atoms with Gasteiger partial charge in [-0.05, 0) is 25.7 Å². The second-order valence-corrected chi connectivity index (χ2v) is 7.51. The summed E-state index contributed by atoms with van der Waals surface area (Å²) in [6, 6.07) is 0. The van der Waals surface area contributed by atoms with Gasteiger partial charge in [-0.25, -0.2) is 4.98 Å². The number of nitrogens with one attached hydrogen (secondary N) is 1. The molecule has 130 valence electrons. The molecule has 0 saturated carbocycles. The molecule has 1 N–H and O–H groups in total. The second kappa shape index (κ2) is 10.4. The Morgan fingerprint density at radius 2 is 2.09 bits per heavy atom. The molecule has 0 fully saturated rings. The van der Waals surface area contributed by atoms with Crippen molar-refractivity contribution in [3.05, 3.63) is 11.1 Å². The lowest BCUT2D eigenvalue weighted by Crippen LogP contribution is -2.39. The number of nitrogens with zero attached hydrogens (tertiary/aromatic N) is 2. The van der Waals surface area contributed by atoms with Crippen LogP contribution in [0.5, 0.6) is 0 Å². The number of carbonyl (C=O) groups excluding carboxylic acids is 2. The van der Waals surface area contributed by atoms with Gasteiger partial charge in [0.15, 0.2) is 5.13 Å². The predicted molar refractivity (Wildman–Crippen MR) is 95.7 cm³/mol. The zero-order valence-corrected chi connectivity index (χ0v) is 15.5. The summed E-state index contributed by atoms with van der Waals surface area (Å²) >= 11 is 1.44. The lowest BCUT2D eigenvalue weighted by atomic mass is 10.1. The first-order chi connectivity index (χ1) is 10.9. The molecule has 2 amide bonds. The average Bonchev–Trinajstić information content (AvgIpc) is 2.88. The molecule has 0 saturated heterocycles. The topological polar surface area (TPSA) is 62.3 Å². The molecule has 1 aromatic rings. The lowest BCUT2D eigenvalue weighted by molar-refractivity contribution is -0.135. The Labute approximate surface area is 143 Å². The van der Waals surface area contributed by atoms with Gasteiger partial charge >= 0.3 is 0 Å². The van der Waals surface area contributed by atoms with Gasteiger partial charge in [0.05, 0.1) is 6.54 Å². The number of thiazole rings is 1. The van der Waals surface area contributed by atoms with E-state index < -0.39 is 0 Å². The zero-order chi connectivity index (χ0) is 17.2. The summed E-state index contributed by atoms with van der Waals surface area (Å²) in [6.07, 6.45) is 6.18. The first-order valence-corrected chi connectivity index (χ1v) is 9.24. The van der Waals surface area contributed by atoms with E-state index in [0.717, 1.165) is 30.6 Å². The smallest absolute Gasteiger partial charge is 0.245 e. The minimum absolute atomic E-state index is 0.0737. The molecule has 0 aliphatic heterocycles. The Bertz CT molecular complexity index is 500. The van der Waals surface area contributed by atoms with E-state index in [1.807, 2.05) is 6.92 Å². The van der Waals surface area contributed by atoms with Crippen molar-refractivity contribution < 1.29 is 9.59 Å². The second-order valence-electron chi connectivity index (χ2n) is 6.28. The van der Waals surface area contributed by atoms with E-state index in [1.54, 1.807) is 11.1 Å². The van der Waals surface area contributed by atoms with Gasteiger partial charge < -0.3 is 10.2 Å². The average molecular weight is 340 g/mol. The van der Waals surface area contributed by atoms with E-state index in [1.165, 1.54) is 11.3 Å². The summed E-state index contributed by atoms with van der Waals surface area (Å²) in [5.74, 6) is 0.405. The maximum atomic E-state index is 12.4. The molecule has 0 radical (unpaired) electrons. The van der Waals surface area contributed by atoms with Crippen LogP contribution in [0.25, 0.3) is 0 Å². The third kappa shape index (κ3) is 8.11. The maximum absolute atomic E-state index is 12.4. The molecule has 1 heterocycles. The minimum Gasteiger partial charge on any atom is -0.333 e. The Balaban J connectivity index is 2.55. The zero-order valence-electron chi connectivity index (χ0n) is 14.7. The van der Waals surface area contributed by atoms with Crippen LogP contribution < -0.4 is 5.32 Å². The minimum atomic E-state index is -0.174. The lowest BCUT2D eigenvalue weighted by Gasteiger charge is -2.23. The molecule has 0 bridgehead atoms. The third-order valence-corrected chi connectivity index (χ3v) is 4.35. The maximum Gasteiger partial charge on any atom is 0.245 e. The fourth-order valence-corrected chi connectivity index (χ4v) is 2.82. The highest BCUT2D eigenvalue weighted by Crippen LogP contribution is 2.16. The fraction of sp³-hybridized carbons (Fsp3) is 0.706. The molecule has 0 unspecified atom stereocenters. The summed E-state index contributed by atoms with van der Waals surface area (Å²) in [5, 5.41) is 3.37. The van der Waals surface area contributed by atoms with Crippen LogP contribution in [0.2, 0.25) is 0 Å². The summed E-state index contributed by atoms with van der Waals surface area (Å²) in [7, 11) is 0. The highest BCUT2D eigenvalue weighted by Gasteiger charge is 2.17. The number of hydrogen-bond donors (Lipinski definition) is 1. The van der Waals surface area contributed by atoms with Crippen molar-refractivity contribution >= 4 is 28.3 Å². The van der Waals surface area contributed by atoms with E-state index in [4.69, 9.17) is 0 Å². The third-order valence-electron chi connectivity index (χ3n) is 3.53. The van der Waals surface area contributed by atoms with Crippen molar-refractivity contribution in [2.24, 2.45) is 5.92 Å². The van der Waals surface area contributed by atoms with Crippen molar-refractivity contribution in [2.75, 3.05) is 18.4 Å². The Morgan fingerprint density at radius 1 is 1.35 bits per heavy atom. The molecule has 5 nitrogen and oxygen atoms in total. The molecule has 0 aromatic carbocycles. The molecule has 1 aromatic heterocycles. The quantitative estimate of drug-likeness (QED) is 0.659. The number of amides is 2. The number of hydrogen-bond acceptors (Lipinski definition) is 4. The van der Waals surface area contributed by atoms with Crippen LogP contribution in [0.15, 0.2) is 6.20 Å². The Morgan fingerprint density at radius 3 is 2.65 bits per heavy atom. The van der Waals surface area contributed by atoms with Gasteiger partial charge in [-0.3, -0.25) is 9.59 Å². The fourth-order valence-electron chi connectivity index (χ4n) is 2.13. The number of unbranched alkanes of at least 4 members (excludes halogenated alkanes) is 2. The van der Waals surface area contributed by atoms with Crippen LogP contribution >= 0.6 is 11.3 Å². The summed E-state index contributed by atoms with van der Waals surface area (Å²) in [4.78, 5) is 31.4. The normalized spacial score (nSPS) is 10.8. The monoisotopic (exact) mass is 339 g/mol. The van der Waals surface area contributed by atoms with Gasteiger partial charge in [-0.1, -0.05) is 33.6 Å². The molecular formula is C17H29N3O2S. The molecule has 0 atom stereocenters. The number of aryl methyl sites for hydroxylation is 1. The van der Waals surface area contributed by atoms with Crippen molar-refractivity contribution in [1.82, 2.24) is 9.88 Å². The van der Waals surface area contributed by atoms with Crippen molar-refractivity contribution in [3.63, 3.8) is 0 Å². The van der Waals surface area contributed by atoms with Gasteiger partial charge in [0.25, 0.3) is 0 Å². The molecular weight excluding hydrogens is 310 g/mol. The number of rotatable bonds is 10. The number of aromatic nitrogens is 1. The van der Waals surface area contributed by atoms with Crippen LogP contribution in [-0.2, 0) is 9.59 Å².